The van der Waals surface area contributed by atoms with Crippen LogP contribution in [0.3, 0.4) is 0 Å². The van der Waals surface area contributed by atoms with Gasteiger partial charge in [0.1, 0.15) is 0 Å². The number of halogens is 1. The zero-order valence-corrected chi connectivity index (χ0v) is 11.8. The molecule has 0 aliphatic carbocycles. The quantitative estimate of drug-likeness (QED) is 0.912. The van der Waals surface area contributed by atoms with Crippen LogP contribution < -0.4 is 5.73 Å². The van der Waals surface area contributed by atoms with Gasteiger partial charge in [-0.3, -0.25) is 4.79 Å². The van der Waals surface area contributed by atoms with Crippen LogP contribution in [0.1, 0.15) is 12.8 Å². The average Bonchev–Trinajstić information content (AvgIpc) is 2.39. The van der Waals surface area contributed by atoms with E-state index in [2.05, 4.69) is 0 Å². The van der Waals surface area contributed by atoms with Gasteiger partial charge in [0, 0.05) is 18.1 Å². The van der Waals surface area contributed by atoms with Crippen LogP contribution in [0.2, 0.25) is 5.02 Å². The smallest absolute Gasteiger partial charge is 0.243 e. The van der Waals surface area contributed by atoms with Gasteiger partial charge in [-0.15, -0.1) is 0 Å². The fourth-order valence-electron chi connectivity index (χ4n) is 2.15. The molecule has 0 unspecified atom stereocenters. The van der Waals surface area contributed by atoms with Crippen molar-refractivity contribution in [1.29, 1.82) is 0 Å². The summed E-state index contributed by atoms with van der Waals surface area (Å²) in [5, 5.41) is 0.479. The number of benzene rings is 1. The fourth-order valence-corrected chi connectivity index (χ4v) is 3.80. The molecule has 1 aromatic rings. The van der Waals surface area contributed by atoms with Crippen molar-refractivity contribution in [1.82, 2.24) is 4.31 Å². The van der Waals surface area contributed by atoms with Crippen LogP contribution in [-0.2, 0) is 14.8 Å². The summed E-state index contributed by atoms with van der Waals surface area (Å²) >= 11 is 5.74. The molecule has 2 rings (SSSR count). The molecular weight excluding hydrogens is 288 g/mol. The molecule has 1 aliphatic rings. The van der Waals surface area contributed by atoms with E-state index in [1.54, 1.807) is 0 Å². The number of nitrogens with two attached hydrogens (primary N) is 1. The van der Waals surface area contributed by atoms with Crippen LogP contribution in [0, 0.1) is 5.92 Å². The minimum absolute atomic E-state index is 0.153. The normalized spacial score (nSPS) is 21.2. The van der Waals surface area contributed by atoms with Gasteiger partial charge in [-0.05, 0) is 37.1 Å². The van der Waals surface area contributed by atoms with Crippen molar-refractivity contribution in [3.05, 3.63) is 29.3 Å². The lowest BCUT2D eigenvalue weighted by molar-refractivity contribution is -0.122. The van der Waals surface area contributed by atoms with Crippen molar-refractivity contribution in [3.8, 4) is 0 Å². The number of primary amides is 1. The molecule has 2 N–H and O–H groups in total. The lowest BCUT2D eigenvalue weighted by Gasteiger charge is -2.30. The summed E-state index contributed by atoms with van der Waals surface area (Å²) in [6.07, 6.45) is 1.28. The molecule has 1 atom stereocenters. The van der Waals surface area contributed by atoms with Crippen LogP contribution in [0.5, 0.6) is 0 Å². The molecule has 1 saturated heterocycles. The Hall–Kier alpha value is -1.11. The van der Waals surface area contributed by atoms with E-state index >= 15 is 0 Å². The lowest BCUT2D eigenvalue weighted by atomic mass is 9.99. The monoisotopic (exact) mass is 302 g/mol. The molecular formula is C12H15ClN2O3S. The van der Waals surface area contributed by atoms with Crippen molar-refractivity contribution < 1.29 is 13.2 Å². The highest BCUT2D eigenvalue weighted by atomic mass is 35.5. The number of hydrogen-bond donors (Lipinski definition) is 1. The Morgan fingerprint density at radius 1 is 1.32 bits per heavy atom. The first-order valence-electron chi connectivity index (χ1n) is 5.96. The van der Waals surface area contributed by atoms with Gasteiger partial charge in [0.15, 0.2) is 0 Å². The molecule has 104 valence electrons. The highest BCUT2D eigenvalue weighted by molar-refractivity contribution is 7.89. The van der Waals surface area contributed by atoms with Crippen LogP contribution in [-0.4, -0.2) is 31.7 Å². The van der Waals surface area contributed by atoms with E-state index in [1.807, 2.05) is 0 Å². The van der Waals surface area contributed by atoms with E-state index in [0.29, 0.717) is 24.4 Å². The number of piperidine rings is 1. The Bertz CT molecular complexity index is 571. The van der Waals surface area contributed by atoms with Gasteiger partial charge in [-0.2, -0.15) is 4.31 Å². The zero-order valence-electron chi connectivity index (χ0n) is 10.3. The summed E-state index contributed by atoms with van der Waals surface area (Å²) in [6.45, 7) is 0.565. The van der Waals surface area contributed by atoms with E-state index < -0.39 is 21.8 Å². The summed E-state index contributed by atoms with van der Waals surface area (Å²) in [6, 6.07) is 5.99. The third-order valence-corrected chi connectivity index (χ3v) is 5.37. The largest absolute Gasteiger partial charge is 0.369 e. The van der Waals surface area contributed by atoms with Crippen molar-refractivity contribution in [2.45, 2.75) is 17.7 Å². The molecule has 1 amide bonds. The topological polar surface area (TPSA) is 80.5 Å². The molecule has 0 radical (unpaired) electrons. The van der Waals surface area contributed by atoms with Gasteiger partial charge in [-0.25, -0.2) is 8.42 Å². The maximum absolute atomic E-state index is 12.4. The third kappa shape index (κ3) is 3.08. The van der Waals surface area contributed by atoms with Gasteiger partial charge in [-0.1, -0.05) is 11.6 Å². The number of sulfonamides is 1. The van der Waals surface area contributed by atoms with Gasteiger partial charge < -0.3 is 5.73 Å². The van der Waals surface area contributed by atoms with Gasteiger partial charge in [0.2, 0.25) is 15.9 Å². The van der Waals surface area contributed by atoms with Gasteiger partial charge in [0.05, 0.1) is 10.8 Å². The average molecular weight is 303 g/mol. The minimum Gasteiger partial charge on any atom is -0.369 e. The highest BCUT2D eigenvalue weighted by Gasteiger charge is 2.32. The summed E-state index contributed by atoms with van der Waals surface area (Å²) in [5.41, 5.74) is 5.25. The van der Waals surface area contributed by atoms with Crippen molar-refractivity contribution in [2.75, 3.05) is 13.1 Å². The van der Waals surface area contributed by atoms with E-state index in [1.165, 1.54) is 28.6 Å². The Morgan fingerprint density at radius 2 is 1.95 bits per heavy atom. The summed E-state index contributed by atoms with van der Waals surface area (Å²) < 4.78 is 26.1. The van der Waals surface area contributed by atoms with Crippen LogP contribution in [0.15, 0.2) is 29.2 Å². The second kappa shape index (κ2) is 5.48. The molecule has 1 aliphatic heterocycles. The Balaban J connectivity index is 2.24. The molecule has 19 heavy (non-hydrogen) atoms. The number of nitrogens with zero attached hydrogens (tertiary/aromatic N) is 1. The first kappa shape index (κ1) is 14.3. The molecule has 0 spiro atoms. The van der Waals surface area contributed by atoms with Crippen molar-refractivity contribution in [2.24, 2.45) is 11.7 Å². The van der Waals surface area contributed by atoms with Crippen molar-refractivity contribution in [3.63, 3.8) is 0 Å². The number of rotatable bonds is 3. The van der Waals surface area contributed by atoms with Crippen LogP contribution >= 0.6 is 11.6 Å². The first-order valence-corrected chi connectivity index (χ1v) is 7.78. The van der Waals surface area contributed by atoms with Gasteiger partial charge in [0.25, 0.3) is 0 Å². The van der Waals surface area contributed by atoms with Crippen LogP contribution in [0.25, 0.3) is 0 Å². The summed E-state index contributed by atoms with van der Waals surface area (Å²) in [5.74, 6) is -0.855. The molecule has 0 aromatic heterocycles. The highest BCUT2D eigenvalue weighted by Crippen LogP contribution is 2.24. The number of carbonyl (C=O) groups excluding carboxylic acids is 1. The fraction of sp³-hybridized carbons (Fsp3) is 0.417. The van der Waals surface area contributed by atoms with E-state index in [-0.39, 0.29) is 11.4 Å². The predicted octanol–water partition coefficient (Wildman–Crippen LogP) is 1.23. The summed E-state index contributed by atoms with van der Waals surface area (Å²) in [7, 11) is -3.58. The lowest BCUT2D eigenvalue weighted by Crippen LogP contribution is -2.43. The molecule has 1 aromatic carbocycles. The first-order chi connectivity index (χ1) is 8.91. The molecule has 7 heteroatoms. The van der Waals surface area contributed by atoms with E-state index in [4.69, 9.17) is 17.3 Å². The molecule has 1 fully saturated rings. The molecule has 0 bridgehead atoms. The zero-order chi connectivity index (χ0) is 14.0. The Labute approximate surface area is 117 Å². The van der Waals surface area contributed by atoms with E-state index in [0.717, 1.165) is 0 Å². The second-order valence-electron chi connectivity index (χ2n) is 4.56. The third-order valence-electron chi connectivity index (χ3n) is 3.24. The number of carbonyl (C=O) groups is 1. The maximum atomic E-state index is 12.4. The van der Waals surface area contributed by atoms with Crippen molar-refractivity contribution >= 4 is 27.5 Å². The van der Waals surface area contributed by atoms with E-state index in [9.17, 15) is 13.2 Å². The standard InChI is InChI=1S/C12H15ClN2O3S/c13-10-3-5-11(6-4-10)19(17,18)15-7-1-2-9(8-15)12(14)16/h3-6,9H,1-2,7-8H2,(H2,14,16)/t9-/m0/s1. The number of amides is 1. The second-order valence-corrected chi connectivity index (χ2v) is 6.93. The predicted molar refractivity (Wildman–Crippen MR) is 72.1 cm³/mol. The Kier molecular flexibility index (Phi) is 4.13. The maximum Gasteiger partial charge on any atom is 0.243 e. The molecule has 1 heterocycles. The Morgan fingerprint density at radius 3 is 2.53 bits per heavy atom. The molecule has 5 nitrogen and oxygen atoms in total. The number of hydrogen-bond acceptors (Lipinski definition) is 3. The van der Waals surface area contributed by atoms with Crippen LogP contribution in [0.4, 0.5) is 0 Å². The summed E-state index contributed by atoms with van der Waals surface area (Å²) in [4.78, 5) is 11.4. The minimum atomic E-state index is -3.58. The van der Waals surface area contributed by atoms with Gasteiger partial charge >= 0.3 is 0 Å². The molecule has 0 saturated carbocycles. The SMILES string of the molecule is NC(=O)[C@H]1CCCN(S(=O)(=O)c2ccc(Cl)cc2)C1.